The number of nitrogens with zero attached hydrogens (tertiary/aromatic N) is 3. The maximum absolute atomic E-state index is 13.2. The van der Waals surface area contributed by atoms with E-state index in [2.05, 4.69) is 10.3 Å². The average Bonchev–Trinajstić information content (AvgIpc) is 3.04. The van der Waals surface area contributed by atoms with Crippen LogP contribution in [0.1, 0.15) is 30.5 Å². The van der Waals surface area contributed by atoms with Crippen molar-refractivity contribution < 1.29 is 23.1 Å². The number of aliphatic hydroxyl groups is 1. The summed E-state index contributed by atoms with van der Waals surface area (Å²) in [6, 6.07) is 5.61. The van der Waals surface area contributed by atoms with Gasteiger partial charge in [0.2, 0.25) is 5.91 Å². The summed E-state index contributed by atoms with van der Waals surface area (Å²) in [5.41, 5.74) is -1.13. The number of aromatic nitrogens is 3. The van der Waals surface area contributed by atoms with E-state index in [1.54, 1.807) is 6.92 Å². The van der Waals surface area contributed by atoms with Gasteiger partial charge in [0.05, 0.1) is 29.7 Å². The molecule has 0 saturated carbocycles. The Morgan fingerprint density at radius 3 is 2.69 bits per heavy atom. The summed E-state index contributed by atoms with van der Waals surface area (Å²) in [5, 5.41) is 10.9. The van der Waals surface area contributed by atoms with E-state index in [4.69, 9.17) is 16.7 Å². The standard InChI is InChI=1S/C18H16ClF3N4O3/c1-10(11-2-3-13(19)12(8-11)18(20,21)22)25-9-23-14-4-5-15(26(14)17(25)29)24-16(28)6-7-27/h2-5,8-10,27H,6-7H2,1H3,(H,24,28). The molecule has 1 amide bonds. The Bertz CT molecular complexity index is 1120. The molecule has 0 radical (unpaired) electrons. The Morgan fingerprint density at radius 2 is 2.03 bits per heavy atom. The topological polar surface area (TPSA) is 88.6 Å². The van der Waals surface area contributed by atoms with Gasteiger partial charge < -0.3 is 10.4 Å². The largest absolute Gasteiger partial charge is 0.417 e. The third-order valence-electron chi connectivity index (χ3n) is 4.39. The van der Waals surface area contributed by atoms with Gasteiger partial charge in [0, 0.05) is 0 Å². The van der Waals surface area contributed by atoms with Gasteiger partial charge in [-0.3, -0.25) is 9.36 Å². The van der Waals surface area contributed by atoms with Gasteiger partial charge >= 0.3 is 11.9 Å². The number of fused-ring (bicyclic) bond motifs is 1. The highest BCUT2D eigenvalue weighted by Gasteiger charge is 2.33. The number of aliphatic hydroxyl groups excluding tert-OH is 1. The van der Waals surface area contributed by atoms with Gasteiger partial charge in [-0.2, -0.15) is 13.2 Å². The fourth-order valence-electron chi connectivity index (χ4n) is 2.86. The predicted octanol–water partition coefficient (Wildman–Crippen LogP) is 3.10. The lowest BCUT2D eigenvalue weighted by Crippen LogP contribution is -2.31. The number of hydrogen-bond acceptors (Lipinski definition) is 4. The van der Waals surface area contributed by atoms with Gasteiger partial charge in [-0.15, -0.1) is 0 Å². The highest BCUT2D eigenvalue weighted by molar-refractivity contribution is 6.31. The van der Waals surface area contributed by atoms with Gasteiger partial charge in [0.25, 0.3) is 0 Å². The Hall–Kier alpha value is -2.85. The molecule has 1 aromatic carbocycles. The van der Waals surface area contributed by atoms with Crippen molar-refractivity contribution in [1.82, 2.24) is 14.0 Å². The summed E-state index contributed by atoms with van der Waals surface area (Å²) in [5.74, 6) is -0.354. The molecule has 29 heavy (non-hydrogen) atoms. The predicted molar refractivity (Wildman–Crippen MR) is 100 cm³/mol. The highest BCUT2D eigenvalue weighted by Crippen LogP contribution is 2.36. The molecule has 3 aromatic rings. The first kappa shape index (κ1) is 20.9. The van der Waals surface area contributed by atoms with Crippen molar-refractivity contribution in [1.29, 1.82) is 0 Å². The Morgan fingerprint density at radius 1 is 1.31 bits per heavy atom. The SMILES string of the molecule is CC(c1ccc(Cl)c(C(F)(F)F)c1)n1cnc2ccc(NC(=O)CCO)n2c1=O. The summed E-state index contributed by atoms with van der Waals surface area (Å²) in [6.07, 6.45) is -3.56. The van der Waals surface area contributed by atoms with E-state index >= 15 is 0 Å². The number of carbonyl (C=O) groups excluding carboxylic acids is 1. The quantitative estimate of drug-likeness (QED) is 0.653. The fraction of sp³-hybridized carbons (Fsp3) is 0.278. The summed E-state index contributed by atoms with van der Waals surface area (Å²) in [6.45, 7) is 1.19. The molecule has 2 aromatic heterocycles. The minimum absolute atomic E-state index is 0.143. The normalized spacial score (nSPS) is 12.9. The van der Waals surface area contributed by atoms with Crippen LogP contribution in [0.4, 0.5) is 19.0 Å². The first-order valence-corrected chi connectivity index (χ1v) is 8.87. The van der Waals surface area contributed by atoms with E-state index in [1.807, 2.05) is 0 Å². The molecule has 11 heteroatoms. The molecular formula is C18H16ClF3N4O3. The van der Waals surface area contributed by atoms with Crippen LogP contribution in [0.5, 0.6) is 0 Å². The smallest absolute Gasteiger partial charge is 0.396 e. The van der Waals surface area contributed by atoms with Crippen LogP contribution in [-0.2, 0) is 11.0 Å². The van der Waals surface area contributed by atoms with E-state index in [1.165, 1.54) is 24.5 Å². The molecule has 0 aliphatic rings. The monoisotopic (exact) mass is 428 g/mol. The molecule has 0 bridgehead atoms. The van der Waals surface area contributed by atoms with Crippen molar-refractivity contribution >= 4 is 29.0 Å². The van der Waals surface area contributed by atoms with Crippen molar-refractivity contribution in [2.75, 3.05) is 11.9 Å². The summed E-state index contributed by atoms with van der Waals surface area (Å²) in [7, 11) is 0. The van der Waals surface area contributed by atoms with E-state index < -0.39 is 34.4 Å². The van der Waals surface area contributed by atoms with Gasteiger partial charge in [-0.05, 0) is 36.8 Å². The van der Waals surface area contributed by atoms with Crippen LogP contribution in [0.2, 0.25) is 5.02 Å². The number of hydrogen-bond donors (Lipinski definition) is 2. The second kappa shape index (κ2) is 7.88. The third-order valence-corrected chi connectivity index (χ3v) is 4.72. The van der Waals surface area contributed by atoms with E-state index in [-0.39, 0.29) is 30.1 Å². The van der Waals surface area contributed by atoms with Crippen molar-refractivity contribution in [2.45, 2.75) is 25.6 Å². The van der Waals surface area contributed by atoms with Gasteiger partial charge in [-0.25, -0.2) is 14.2 Å². The first-order chi connectivity index (χ1) is 13.6. The van der Waals surface area contributed by atoms with Crippen LogP contribution in [0.25, 0.3) is 5.65 Å². The molecule has 3 rings (SSSR count). The number of alkyl halides is 3. The number of amides is 1. The minimum atomic E-state index is -4.63. The number of rotatable bonds is 5. The zero-order valence-electron chi connectivity index (χ0n) is 15.1. The fourth-order valence-corrected chi connectivity index (χ4v) is 3.09. The molecule has 0 aliphatic carbocycles. The second-order valence-electron chi connectivity index (χ2n) is 6.28. The third kappa shape index (κ3) is 4.13. The van der Waals surface area contributed by atoms with E-state index in [0.717, 1.165) is 21.1 Å². The number of benzene rings is 1. The van der Waals surface area contributed by atoms with Crippen molar-refractivity contribution in [3.63, 3.8) is 0 Å². The second-order valence-corrected chi connectivity index (χ2v) is 6.69. The molecule has 0 spiro atoms. The molecule has 7 nitrogen and oxygen atoms in total. The summed E-state index contributed by atoms with van der Waals surface area (Å²) >= 11 is 5.66. The lowest BCUT2D eigenvalue weighted by atomic mass is 10.0. The van der Waals surface area contributed by atoms with Crippen LogP contribution in [0, 0.1) is 0 Å². The number of anilines is 1. The minimum Gasteiger partial charge on any atom is -0.396 e. The maximum Gasteiger partial charge on any atom is 0.417 e. The maximum atomic E-state index is 13.2. The molecule has 0 saturated heterocycles. The molecule has 2 heterocycles. The number of halogens is 4. The Labute approximate surface area is 167 Å². The van der Waals surface area contributed by atoms with Gasteiger partial charge in [-0.1, -0.05) is 17.7 Å². The zero-order chi connectivity index (χ0) is 21.3. The van der Waals surface area contributed by atoms with Crippen LogP contribution in [0.3, 0.4) is 0 Å². The summed E-state index contributed by atoms with van der Waals surface area (Å²) < 4.78 is 41.7. The molecule has 1 unspecified atom stereocenters. The molecular weight excluding hydrogens is 413 g/mol. The average molecular weight is 429 g/mol. The molecule has 1 atom stereocenters. The lowest BCUT2D eigenvalue weighted by Gasteiger charge is -2.18. The molecule has 154 valence electrons. The number of carbonyl (C=O) groups is 1. The highest BCUT2D eigenvalue weighted by atomic mass is 35.5. The van der Waals surface area contributed by atoms with E-state index in [9.17, 15) is 22.8 Å². The van der Waals surface area contributed by atoms with Crippen molar-refractivity contribution in [3.8, 4) is 0 Å². The van der Waals surface area contributed by atoms with Crippen LogP contribution < -0.4 is 11.0 Å². The van der Waals surface area contributed by atoms with Gasteiger partial charge in [0.15, 0.2) is 0 Å². The van der Waals surface area contributed by atoms with Crippen LogP contribution in [-0.4, -0.2) is 31.6 Å². The lowest BCUT2D eigenvalue weighted by molar-refractivity contribution is -0.137. The Balaban J connectivity index is 2.05. The van der Waals surface area contributed by atoms with E-state index in [0.29, 0.717) is 0 Å². The van der Waals surface area contributed by atoms with Crippen LogP contribution in [0.15, 0.2) is 41.5 Å². The molecule has 0 aliphatic heterocycles. The first-order valence-electron chi connectivity index (χ1n) is 8.49. The van der Waals surface area contributed by atoms with Crippen LogP contribution >= 0.6 is 11.6 Å². The zero-order valence-corrected chi connectivity index (χ0v) is 15.8. The van der Waals surface area contributed by atoms with Gasteiger partial charge in [0.1, 0.15) is 17.8 Å². The Kier molecular flexibility index (Phi) is 5.67. The molecule has 2 N–H and O–H groups in total. The molecule has 0 fully saturated rings. The van der Waals surface area contributed by atoms with Crippen molar-refractivity contribution in [2.24, 2.45) is 0 Å². The summed E-state index contributed by atoms with van der Waals surface area (Å²) in [4.78, 5) is 28.8. The number of nitrogens with one attached hydrogen (secondary N) is 1. The van der Waals surface area contributed by atoms with Crippen molar-refractivity contribution in [3.05, 3.63) is 63.3 Å².